The summed E-state index contributed by atoms with van der Waals surface area (Å²) in [4.78, 5) is 37.3. The van der Waals surface area contributed by atoms with E-state index in [9.17, 15) is 14.4 Å². The summed E-state index contributed by atoms with van der Waals surface area (Å²) >= 11 is 1.33. The Hall–Kier alpha value is -1.49. The first-order valence-electron chi connectivity index (χ1n) is 5.45. The fourth-order valence-corrected chi connectivity index (χ4v) is 2.66. The maximum Gasteiger partial charge on any atom is 0.219 e. The van der Waals surface area contributed by atoms with Gasteiger partial charge in [-0.1, -0.05) is 6.07 Å². The van der Waals surface area contributed by atoms with Gasteiger partial charge >= 0.3 is 0 Å². The van der Waals surface area contributed by atoms with Crippen LogP contribution in [0.15, 0.2) is 17.5 Å². The number of hydrogen-bond acceptors (Lipinski definition) is 4. The van der Waals surface area contributed by atoms with Crippen molar-refractivity contribution in [1.29, 1.82) is 0 Å². The number of nitrogens with zero attached hydrogens (tertiary/aromatic N) is 1. The summed E-state index contributed by atoms with van der Waals surface area (Å²) in [7, 11) is 0. The number of carbonyl (C=O) groups excluding carboxylic acids is 3. The van der Waals surface area contributed by atoms with Crippen LogP contribution in [0.5, 0.6) is 0 Å². The van der Waals surface area contributed by atoms with Gasteiger partial charge in [-0.05, 0) is 11.4 Å². The van der Waals surface area contributed by atoms with Gasteiger partial charge < -0.3 is 4.90 Å². The third kappa shape index (κ3) is 2.44. The molecule has 1 saturated heterocycles. The molecule has 1 unspecified atom stereocenters. The molecular weight excluding hydrogens is 238 g/mol. The van der Waals surface area contributed by atoms with Gasteiger partial charge in [0.1, 0.15) is 5.78 Å². The number of piperidine rings is 1. The Bertz CT molecular complexity index is 452. The number of likely N-dealkylation sites (tertiary alicyclic amines) is 1. The van der Waals surface area contributed by atoms with E-state index in [4.69, 9.17) is 0 Å². The Labute approximate surface area is 103 Å². The van der Waals surface area contributed by atoms with Crippen LogP contribution in [0, 0.1) is 5.92 Å². The van der Waals surface area contributed by atoms with Gasteiger partial charge in [0.2, 0.25) is 5.91 Å². The van der Waals surface area contributed by atoms with Gasteiger partial charge in [-0.25, -0.2) is 0 Å². The second-order valence-corrected chi connectivity index (χ2v) is 5.02. The Morgan fingerprint density at radius 2 is 2.24 bits per heavy atom. The first kappa shape index (κ1) is 12.0. The molecule has 0 aliphatic carbocycles. The molecule has 0 radical (unpaired) electrons. The Kier molecular flexibility index (Phi) is 3.38. The predicted octanol–water partition coefficient (Wildman–Crippen LogP) is 1.37. The fourth-order valence-electron chi connectivity index (χ4n) is 1.94. The van der Waals surface area contributed by atoms with Crippen molar-refractivity contribution in [3.63, 3.8) is 0 Å². The fraction of sp³-hybridized carbons (Fsp3) is 0.417. The zero-order chi connectivity index (χ0) is 12.4. The molecule has 0 saturated carbocycles. The number of hydrogen-bond donors (Lipinski definition) is 0. The maximum absolute atomic E-state index is 12.1. The first-order chi connectivity index (χ1) is 8.09. The molecule has 1 aliphatic heterocycles. The monoisotopic (exact) mass is 251 g/mol. The van der Waals surface area contributed by atoms with Crippen LogP contribution in [0.2, 0.25) is 0 Å². The van der Waals surface area contributed by atoms with Crippen molar-refractivity contribution in [2.45, 2.75) is 13.3 Å². The number of Topliss-reactive ketones (excluding diaryl/α,β-unsaturated/α-hetero) is 2. The molecule has 1 aromatic rings. The average molecular weight is 251 g/mol. The lowest BCUT2D eigenvalue weighted by atomic mass is 9.91. The lowest BCUT2D eigenvalue weighted by Crippen LogP contribution is -2.46. The van der Waals surface area contributed by atoms with Crippen LogP contribution in [0.1, 0.15) is 23.0 Å². The Morgan fingerprint density at radius 3 is 2.82 bits per heavy atom. The molecule has 2 heterocycles. The standard InChI is InChI=1S/C12H13NO3S/c1-8(14)13-5-4-10(15)9(7-13)12(16)11-3-2-6-17-11/h2-3,6,9H,4-5,7H2,1H3. The quantitative estimate of drug-likeness (QED) is 0.589. The smallest absolute Gasteiger partial charge is 0.219 e. The third-order valence-corrected chi connectivity index (χ3v) is 3.83. The molecular formula is C12H13NO3S. The van der Waals surface area contributed by atoms with E-state index in [0.717, 1.165) is 0 Å². The minimum Gasteiger partial charge on any atom is -0.341 e. The highest BCUT2D eigenvalue weighted by atomic mass is 32.1. The lowest BCUT2D eigenvalue weighted by Gasteiger charge is -2.29. The summed E-state index contributed by atoms with van der Waals surface area (Å²) in [5.74, 6) is -0.968. The van der Waals surface area contributed by atoms with Crippen molar-refractivity contribution < 1.29 is 14.4 Å². The van der Waals surface area contributed by atoms with Crippen molar-refractivity contribution in [1.82, 2.24) is 4.90 Å². The van der Waals surface area contributed by atoms with E-state index in [-0.39, 0.29) is 30.4 Å². The van der Waals surface area contributed by atoms with Crippen LogP contribution in [-0.2, 0) is 9.59 Å². The van der Waals surface area contributed by atoms with Gasteiger partial charge in [-0.15, -0.1) is 11.3 Å². The predicted molar refractivity (Wildman–Crippen MR) is 64.0 cm³/mol. The number of ketones is 2. The zero-order valence-corrected chi connectivity index (χ0v) is 10.3. The minimum atomic E-state index is -0.675. The van der Waals surface area contributed by atoms with Gasteiger partial charge in [-0.3, -0.25) is 14.4 Å². The highest BCUT2D eigenvalue weighted by Crippen LogP contribution is 2.21. The average Bonchev–Trinajstić information content (AvgIpc) is 2.81. The molecule has 90 valence electrons. The van der Waals surface area contributed by atoms with E-state index >= 15 is 0 Å². The number of carbonyl (C=O) groups is 3. The molecule has 17 heavy (non-hydrogen) atoms. The Morgan fingerprint density at radius 1 is 1.47 bits per heavy atom. The lowest BCUT2D eigenvalue weighted by molar-refractivity contribution is -0.134. The summed E-state index contributed by atoms with van der Waals surface area (Å²) in [5, 5.41) is 1.81. The molecule has 1 amide bonds. The van der Waals surface area contributed by atoms with Crippen LogP contribution in [0.3, 0.4) is 0 Å². The van der Waals surface area contributed by atoms with Gasteiger partial charge in [0.15, 0.2) is 5.78 Å². The van der Waals surface area contributed by atoms with E-state index in [0.29, 0.717) is 11.4 Å². The van der Waals surface area contributed by atoms with Crippen LogP contribution in [-0.4, -0.2) is 35.5 Å². The van der Waals surface area contributed by atoms with Crippen LogP contribution >= 0.6 is 11.3 Å². The molecule has 1 atom stereocenters. The van der Waals surface area contributed by atoms with Gasteiger partial charge in [0.05, 0.1) is 10.8 Å². The van der Waals surface area contributed by atoms with Crippen molar-refractivity contribution in [2.24, 2.45) is 5.92 Å². The summed E-state index contributed by atoms with van der Waals surface area (Å²) in [5.41, 5.74) is 0. The van der Waals surface area contributed by atoms with Gasteiger partial charge in [0, 0.05) is 26.4 Å². The summed E-state index contributed by atoms with van der Waals surface area (Å²) in [6.45, 7) is 2.12. The summed E-state index contributed by atoms with van der Waals surface area (Å²) in [6, 6.07) is 3.50. The van der Waals surface area contributed by atoms with Crippen LogP contribution < -0.4 is 0 Å². The molecule has 5 heteroatoms. The Balaban J connectivity index is 2.16. The van der Waals surface area contributed by atoms with Gasteiger partial charge in [0.25, 0.3) is 0 Å². The van der Waals surface area contributed by atoms with E-state index in [1.807, 2.05) is 5.38 Å². The highest BCUT2D eigenvalue weighted by Gasteiger charge is 2.34. The molecule has 1 aromatic heterocycles. The number of rotatable bonds is 2. The van der Waals surface area contributed by atoms with Crippen molar-refractivity contribution >= 4 is 28.8 Å². The molecule has 0 bridgehead atoms. The van der Waals surface area contributed by atoms with E-state index in [1.54, 1.807) is 17.0 Å². The molecule has 2 rings (SSSR count). The molecule has 1 fully saturated rings. The van der Waals surface area contributed by atoms with Crippen LogP contribution in [0.4, 0.5) is 0 Å². The topological polar surface area (TPSA) is 54.5 Å². The minimum absolute atomic E-state index is 0.0547. The van der Waals surface area contributed by atoms with Gasteiger partial charge in [-0.2, -0.15) is 0 Å². The van der Waals surface area contributed by atoms with E-state index in [2.05, 4.69) is 0 Å². The second-order valence-electron chi connectivity index (χ2n) is 4.08. The molecule has 0 aromatic carbocycles. The SMILES string of the molecule is CC(=O)N1CCC(=O)C(C(=O)c2cccs2)C1. The molecule has 0 N–H and O–H groups in total. The maximum atomic E-state index is 12.1. The number of thiophene rings is 1. The van der Waals surface area contributed by atoms with Crippen molar-refractivity contribution in [3.05, 3.63) is 22.4 Å². The van der Waals surface area contributed by atoms with Crippen LogP contribution in [0.25, 0.3) is 0 Å². The van der Waals surface area contributed by atoms with E-state index < -0.39 is 5.92 Å². The molecule has 4 nitrogen and oxygen atoms in total. The van der Waals surface area contributed by atoms with E-state index in [1.165, 1.54) is 18.3 Å². The normalized spacial score (nSPS) is 20.4. The largest absolute Gasteiger partial charge is 0.341 e. The summed E-state index contributed by atoms with van der Waals surface area (Å²) < 4.78 is 0. The highest BCUT2D eigenvalue weighted by molar-refractivity contribution is 7.12. The third-order valence-electron chi connectivity index (χ3n) is 2.95. The zero-order valence-electron chi connectivity index (χ0n) is 9.51. The van der Waals surface area contributed by atoms with Crippen molar-refractivity contribution in [2.75, 3.05) is 13.1 Å². The summed E-state index contributed by atoms with van der Waals surface area (Å²) in [6.07, 6.45) is 0.279. The first-order valence-corrected chi connectivity index (χ1v) is 6.33. The number of amides is 1. The van der Waals surface area contributed by atoms with Crippen molar-refractivity contribution in [3.8, 4) is 0 Å². The molecule has 0 spiro atoms. The molecule has 1 aliphatic rings. The second kappa shape index (κ2) is 4.79.